The quantitative estimate of drug-likeness (QED) is 0.654. The maximum atomic E-state index is 13.5. The SMILES string of the molecule is CCOC(=O)N1CCN(C(=O)[C@H]2[C@@H]3C=C[C@@]4(CN(c5ccc(OC)cc5)C(=O)[C@H]24)O3)CC1. The molecule has 170 valence electrons. The van der Waals surface area contributed by atoms with Crippen LogP contribution in [0.3, 0.4) is 0 Å². The molecule has 4 atom stereocenters. The van der Waals surface area contributed by atoms with Gasteiger partial charge in [0.05, 0.1) is 38.2 Å². The summed E-state index contributed by atoms with van der Waals surface area (Å²) in [5.41, 5.74) is -0.0105. The van der Waals surface area contributed by atoms with Crippen molar-refractivity contribution in [1.82, 2.24) is 9.80 Å². The highest BCUT2D eigenvalue weighted by molar-refractivity contribution is 6.03. The molecule has 1 aromatic rings. The van der Waals surface area contributed by atoms with Crippen LogP contribution < -0.4 is 9.64 Å². The summed E-state index contributed by atoms with van der Waals surface area (Å²) in [4.78, 5) is 44.0. The standard InChI is InChI=1S/C23H27N3O6/c1-3-31-22(29)25-12-10-24(11-13-25)20(27)18-17-8-9-23(32-17)14-26(21(28)19(18)23)15-4-6-16(30-2)7-5-15/h4-9,17-19H,3,10-14H2,1-2H3/t17-,18-,19-,23-/m0/s1. The molecule has 5 rings (SSSR count). The molecule has 9 heteroatoms. The van der Waals surface area contributed by atoms with E-state index < -0.39 is 23.5 Å². The van der Waals surface area contributed by atoms with Gasteiger partial charge in [0.25, 0.3) is 0 Å². The molecule has 1 spiro atoms. The third-order valence-corrected chi connectivity index (χ3v) is 6.89. The summed E-state index contributed by atoms with van der Waals surface area (Å²) in [6.07, 6.45) is 3.12. The van der Waals surface area contributed by atoms with Gasteiger partial charge in [-0.25, -0.2) is 4.79 Å². The van der Waals surface area contributed by atoms with E-state index in [1.807, 2.05) is 36.4 Å². The first-order chi connectivity index (χ1) is 15.5. The Morgan fingerprint density at radius 3 is 2.47 bits per heavy atom. The lowest BCUT2D eigenvalue weighted by atomic mass is 9.76. The molecule has 0 aliphatic carbocycles. The topological polar surface area (TPSA) is 88.6 Å². The van der Waals surface area contributed by atoms with E-state index in [0.29, 0.717) is 45.1 Å². The number of amides is 3. The summed E-state index contributed by atoms with van der Waals surface area (Å²) >= 11 is 0. The molecule has 4 aliphatic rings. The molecule has 3 saturated heterocycles. The zero-order chi connectivity index (χ0) is 22.5. The smallest absolute Gasteiger partial charge is 0.409 e. The van der Waals surface area contributed by atoms with Gasteiger partial charge in [-0.2, -0.15) is 0 Å². The number of benzene rings is 1. The van der Waals surface area contributed by atoms with Gasteiger partial charge >= 0.3 is 6.09 Å². The first kappa shape index (κ1) is 20.8. The van der Waals surface area contributed by atoms with Crippen LogP contribution in [0.2, 0.25) is 0 Å². The van der Waals surface area contributed by atoms with Crippen molar-refractivity contribution < 1.29 is 28.6 Å². The highest BCUT2D eigenvalue weighted by Crippen LogP contribution is 2.53. The number of ether oxygens (including phenoxy) is 3. The molecular weight excluding hydrogens is 414 g/mol. The first-order valence-electron chi connectivity index (χ1n) is 11.0. The second kappa shape index (κ2) is 7.81. The van der Waals surface area contributed by atoms with E-state index in [9.17, 15) is 14.4 Å². The predicted octanol–water partition coefficient (Wildman–Crippen LogP) is 1.28. The molecule has 0 aromatic heterocycles. The van der Waals surface area contributed by atoms with Crippen LogP contribution in [-0.4, -0.2) is 85.9 Å². The molecule has 0 N–H and O–H groups in total. The normalized spacial score (nSPS) is 30.6. The maximum absolute atomic E-state index is 13.5. The summed E-state index contributed by atoms with van der Waals surface area (Å²) in [5.74, 6) is -0.559. The predicted molar refractivity (Wildman–Crippen MR) is 114 cm³/mol. The average Bonchev–Trinajstić information content (AvgIpc) is 3.47. The fraction of sp³-hybridized carbons (Fsp3) is 0.522. The average molecular weight is 441 g/mol. The van der Waals surface area contributed by atoms with E-state index in [0.717, 1.165) is 5.69 Å². The summed E-state index contributed by atoms with van der Waals surface area (Å²) in [7, 11) is 1.60. The zero-order valence-electron chi connectivity index (χ0n) is 18.2. The fourth-order valence-electron chi connectivity index (χ4n) is 5.30. The van der Waals surface area contributed by atoms with Crippen molar-refractivity contribution in [3.63, 3.8) is 0 Å². The lowest BCUT2D eigenvalue weighted by Crippen LogP contribution is -2.54. The Balaban J connectivity index is 1.32. The van der Waals surface area contributed by atoms with Crippen LogP contribution in [0.4, 0.5) is 10.5 Å². The molecule has 9 nitrogen and oxygen atoms in total. The Labute approximate surface area is 186 Å². The third kappa shape index (κ3) is 3.14. The molecule has 4 aliphatic heterocycles. The van der Waals surface area contributed by atoms with Gasteiger partial charge in [0, 0.05) is 31.9 Å². The van der Waals surface area contributed by atoms with Gasteiger partial charge in [-0.3, -0.25) is 9.59 Å². The van der Waals surface area contributed by atoms with Gasteiger partial charge < -0.3 is 28.9 Å². The van der Waals surface area contributed by atoms with Crippen LogP contribution in [0.1, 0.15) is 6.92 Å². The van der Waals surface area contributed by atoms with Crippen molar-refractivity contribution in [3.8, 4) is 5.75 Å². The Morgan fingerprint density at radius 2 is 1.81 bits per heavy atom. The number of anilines is 1. The van der Waals surface area contributed by atoms with Crippen LogP contribution in [-0.2, 0) is 19.1 Å². The number of hydrogen-bond acceptors (Lipinski definition) is 6. The summed E-state index contributed by atoms with van der Waals surface area (Å²) in [5, 5.41) is 0. The van der Waals surface area contributed by atoms with E-state index in [1.165, 1.54) is 0 Å². The van der Waals surface area contributed by atoms with E-state index in [1.54, 1.807) is 28.7 Å². The molecule has 2 bridgehead atoms. The number of hydrogen-bond donors (Lipinski definition) is 0. The van der Waals surface area contributed by atoms with Crippen molar-refractivity contribution in [1.29, 1.82) is 0 Å². The largest absolute Gasteiger partial charge is 0.497 e. The minimum Gasteiger partial charge on any atom is -0.497 e. The van der Waals surface area contributed by atoms with Crippen LogP contribution in [0.5, 0.6) is 5.75 Å². The summed E-state index contributed by atoms with van der Waals surface area (Å²) < 4.78 is 16.5. The van der Waals surface area contributed by atoms with Gasteiger partial charge in [0.15, 0.2) is 0 Å². The molecule has 0 saturated carbocycles. The summed E-state index contributed by atoms with van der Waals surface area (Å²) in [6, 6.07) is 7.31. The Hall–Kier alpha value is -3.07. The molecule has 0 unspecified atom stereocenters. The number of fused-ring (bicyclic) bond motifs is 1. The van der Waals surface area contributed by atoms with E-state index in [2.05, 4.69) is 0 Å². The van der Waals surface area contributed by atoms with Crippen LogP contribution >= 0.6 is 0 Å². The van der Waals surface area contributed by atoms with E-state index in [4.69, 9.17) is 14.2 Å². The maximum Gasteiger partial charge on any atom is 0.409 e. The van der Waals surface area contributed by atoms with Crippen LogP contribution in [0.15, 0.2) is 36.4 Å². The molecule has 32 heavy (non-hydrogen) atoms. The van der Waals surface area contributed by atoms with Gasteiger partial charge in [0.2, 0.25) is 11.8 Å². The van der Waals surface area contributed by atoms with Crippen molar-refractivity contribution in [2.45, 2.75) is 18.6 Å². The van der Waals surface area contributed by atoms with Gasteiger partial charge in [0.1, 0.15) is 11.4 Å². The van der Waals surface area contributed by atoms with Gasteiger partial charge in [-0.1, -0.05) is 12.2 Å². The lowest BCUT2D eigenvalue weighted by Gasteiger charge is -2.36. The van der Waals surface area contributed by atoms with E-state index >= 15 is 0 Å². The minimum absolute atomic E-state index is 0.0836. The number of rotatable bonds is 4. The monoisotopic (exact) mass is 441 g/mol. The molecule has 3 fully saturated rings. The number of methoxy groups -OCH3 is 1. The molecule has 4 heterocycles. The minimum atomic E-state index is -0.769. The fourth-order valence-corrected chi connectivity index (χ4v) is 5.30. The Kier molecular flexibility index (Phi) is 5.08. The number of piperazine rings is 1. The Bertz CT molecular complexity index is 955. The molecule has 1 aromatic carbocycles. The lowest BCUT2D eigenvalue weighted by molar-refractivity contribution is -0.141. The van der Waals surface area contributed by atoms with Crippen molar-refractivity contribution >= 4 is 23.6 Å². The highest BCUT2D eigenvalue weighted by atomic mass is 16.6. The Morgan fingerprint density at radius 1 is 1.12 bits per heavy atom. The highest BCUT2D eigenvalue weighted by Gasteiger charge is 2.67. The number of nitrogens with zero attached hydrogens (tertiary/aromatic N) is 3. The third-order valence-electron chi connectivity index (χ3n) is 6.89. The number of carbonyl (C=O) groups excluding carboxylic acids is 3. The zero-order valence-corrected chi connectivity index (χ0v) is 18.2. The van der Waals surface area contributed by atoms with E-state index in [-0.39, 0.29) is 17.9 Å². The molecular formula is C23H27N3O6. The van der Waals surface area contributed by atoms with Crippen molar-refractivity contribution in [2.24, 2.45) is 11.8 Å². The van der Waals surface area contributed by atoms with Crippen LogP contribution in [0, 0.1) is 11.8 Å². The number of carbonyl (C=O) groups is 3. The summed E-state index contributed by atoms with van der Waals surface area (Å²) in [6.45, 7) is 4.14. The van der Waals surface area contributed by atoms with Crippen molar-refractivity contribution in [2.75, 3.05) is 51.3 Å². The van der Waals surface area contributed by atoms with Crippen molar-refractivity contribution in [3.05, 3.63) is 36.4 Å². The van der Waals surface area contributed by atoms with Gasteiger partial charge in [-0.05, 0) is 31.2 Å². The van der Waals surface area contributed by atoms with Gasteiger partial charge in [-0.15, -0.1) is 0 Å². The first-order valence-corrected chi connectivity index (χ1v) is 11.0. The van der Waals surface area contributed by atoms with Crippen LogP contribution in [0.25, 0.3) is 0 Å². The second-order valence-corrected chi connectivity index (χ2v) is 8.53. The molecule has 3 amide bonds. The molecule has 0 radical (unpaired) electrons. The second-order valence-electron chi connectivity index (χ2n) is 8.53.